The molecular formula is C11H17N3O5S. The van der Waals surface area contributed by atoms with Crippen molar-refractivity contribution in [3.63, 3.8) is 0 Å². The SMILES string of the molecule is Cc1nn(CC(=O)O)c(C)c1S(=O)(=O)N1CC[C@H](O)C1. The minimum absolute atomic E-state index is 0.0350. The standard InChI is InChI=1S/C11H17N3O5S/c1-7-11(8(2)14(12-7)6-10(16)17)20(18,19)13-4-3-9(15)5-13/h9,15H,3-6H2,1-2H3,(H,16,17)/t9-/m0/s1. The molecule has 0 amide bonds. The Morgan fingerprint density at radius 2 is 2.10 bits per heavy atom. The molecule has 0 radical (unpaired) electrons. The number of hydrogen-bond acceptors (Lipinski definition) is 5. The number of aliphatic hydroxyl groups excluding tert-OH is 1. The minimum Gasteiger partial charge on any atom is -0.480 e. The molecule has 1 saturated heterocycles. The van der Waals surface area contributed by atoms with Crippen LogP contribution >= 0.6 is 0 Å². The van der Waals surface area contributed by atoms with E-state index in [1.807, 2.05) is 0 Å². The summed E-state index contributed by atoms with van der Waals surface area (Å²) in [5.74, 6) is -1.09. The normalized spacial score (nSPS) is 20.4. The van der Waals surface area contributed by atoms with Gasteiger partial charge in [0.25, 0.3) is 0 Å². The molecule has 1 fully saturated rings. The second-order valence-corrected chi connectivity index (χ2v) is 6.73. The lowest BCUT2D eigenvalue weighted by atomic mass is 10.3. The average molecular weight is 303 g/mol. The van der Waals surface area contributed by atoms with Crippen LogP contribution in [0, 0.1) is 13.8 Å². The fourth-order valence-corrected chi connectivity index (χ4v) is 4.26. The molecule has 0 bridgehead atoms. The maximum absolute atomic E-state index is 12.5. The third-order valence-corrected chi connectivity index (χ3v) is 5.44. The van der Waals surface area contributed by atoms with Gasteiger partial charge in [0.2, 0.25) is 10.0 Å². The molecule has 1 aromatic rings. The molecule has 1 atom stereocenters. The van der Waals surface area contributed by atoms with Gasteiger partial charge in [0.1, 0.15) is 11.4 Å². The first-order valence-electron chi connectivity index (χ1n) is 6.17. The van der Waals surface area contributed by atoms with Crippen molar-refractivity contribution in [3.8, 4) is 0 Å². The number of carboxylic acids is 1. The van der Waals surface area contributed by atoms with Gasteiger partial charge in [-0.2, -0.15) is 9.40 Å². The summed E-state index contributed by atoms with van der Waals surface area (Å²) in [6, 6.07) is 0. The van der Waals surface area contributed by atoms with E-state index in [9.17, 15) is 18.3 Å². The number of nitrogens with zero attached hydrogens (tertiary/aromatic N) is 3. The Morgan fingerprint density at radius 1 is 1.45 bits per heavy atom. The van der Waals surface area contributed by atoms with Gasteiger partial charge in [0.15, 0.2) is 0 Å². The third-order valence-electron chi connectivity index (χ3n) is 3.32. The molecule has 2 rings (SSSR count). The highest BCUT2D eigenvalue weighted by molar-refractivity contribution is 7.89. The molecule has 0 saturated carbocycles. The number of rotatable bonds is 4. The topological polar surface area (TPSA) is 113 Å². The number of aliphatic carboxylic acids is 1. The van der Waals surface area contributed by atoms with Crippen LogP contribution in [0.25, 0.3) is 0 Å². The summed E-state index contributed by atoms with van der Waals surface area (Å²) >= 11 is 0. The van der Waals surface area contributed by atoms with E-state index >= 15 is 0 Å². The summed E-state index contributed by atoms with van der Waals surface area (Å²) in [5.41, 5.74) is 0.566. The lowest BCUT2D eigenvalue weighted by molar-refractivity contribution is -0.137. The van der Waals surface area contributed by atoms with Gasteiger partial charge in [-0.3, -0.25) is 9.48 Å². The van der Waals surface area contributed by atoms with Crippen molar-refractivity contribution in [2.45, 2.75) is 37.8 Å². The molecule has 0 unspecified atom stereocenters. The number of carbonyl (C=O) groups is 1. The van der Waals surface area contributed by atoms with E-state index in [4.69, 9.17) is 5.11 Å². The zero-order chi connectivity index (χ0) is 15.1. The van der Waals surface area contributed by atoms with E-state index in [2.05, 4.69) is 5.10 Å². The number of carboxylic acid groups (broad SMARTS) is 1. The van der Waals surface area contributed by atoms with Gasteiger partial charge in [0, 0.05) is 13.1 Å². The Morgan fingerprint density at radius 3 is 2.60 bits per heavy atom. The van der Waals surface area contributed by atoms with E-state index in [1.54, 1.807) is 0 Å². The summed E-state index contributed by atoms with van der Waals surface area (Å²) in [4.78, 5) is 10.8. The lowest BCUT2D eigenvalue weighted by Gasteiger charge is -2.15. The van der Waals surface area contributed by atoms with Crippen molar-refractivity contribution >= 4 is 16.0 Å². The van der Waals surface area contributed by atoms with Gasteiger partial charge in [-0.15, -0.1) is 0 Å². The van der Waals surface area contributed by atoms with E-state index in [1.165, 1.54) is 18.2 Å². The Hall–Kier alpha value is -1.45. The van der Waals surface area contributed by atoms with Gasteiger partial charge >= 0.3 is 5.97 Å². The van der Waals surface area contributed by atoms with Crippen molar-refractivity contribution < 1.29 is 23.4 Å². The van der Waals surface area contributed by atoms with Crippen molar-refractivity contribution in [3.05, 3.63) is 11.4 Å². The monoisotopic (exact) mass is 303 g/mol. The Bertz CT molecular complexity index is 637. The molecule has 0 aliphatic carbocycles. The van der Waals surface area contributed by atoms with Crippen LogP contribution in [0.15, 0.2) is 4.90 Å². The van der Waals surface area contributed by atoms with Gasteiger partial charge in [-0.25, -0.2) is 8.42 Å². The fraction of sp³-hybridized carbons (Fsp3) is 0.636. The van der Waals surface area contributed by atoms with Crippen LogP contribution in [0.1, 0.15) is 17.8 Å². The number of aliphatic hydroxyl groups is 1. The van der Waals surface area contributed by atoms with Gasteiger partial charge in [0.05, 0.1) is 17.5 Å². The lowest BCUT2D eigenvalue weighted by Crippen LogP contribution is -2.30. The largest absolute Gasteiger partial charge is 0.480 e. The van der Waals surface area contributed by atoms with Crippen LogP contribution in [-0.4, -0.2) is 57.9 Å². The Labute approximate surface area is 116 Å². The smallest absolute Gasteiger partial charge is 0.325 e. The molecular weight excluding hydrogens is 286 g/mol. The molecule has 0 spiro atoms. The van der Waals surface area contributed by atoms with Crippen LogP contribution in [0.3, 0.4) is 0 Å². The van der Waals surface area contributed by atoms with Crippen molar-refractivity contribution in [2.24, 2.45) is 0 Å². The summed E-state index contributed by atoms with van der Waals surface area (Å²) in [7, 11) is -3.75. The highest BCUT2D eigenvalue weighted by atomic mass is 32.2. The number of sulfonamides is 1. The Kier molecular flexibility index (Phi) is 3.85. The van der Waals surface area contributed by atoms with Gasteiger partial charge in [-0.05, 0) is 20.3 Å². The average Bonchev–Trinajstić information content (AvgIpc) is 2.84. The van der Waals surface area contributed by atoms with Crippen LogP contribution in [0.5, 0.6) is 0 Å². The zero-order valence-electron chi connectivity index (χ0n) is 11.3. The maximum Gasteiger partial charge on any atom is 0.325 e. The summed E-state index contributed by atoms with van der Waals surface area (Å²) in [6.07, 6.45) is -0.250. The maximum atomic E-state index is 12.5. The van der Waals surface area contributed by atoms with Crippen LogP contribution in [0.4, 0.5) is 0 Å². The van der Waals surface area contributed by atoms with Gasteiger partial charge in [-0.1, -0.05) is 0 Å². The first kappa shape index (κ1) is 14.9. The van der Waals surface area contributed by atoms with Gasteiger partial charge < -0.3 is 10.2 Å². The molecule has 1 aliphatic heterocycles. The number of aryl methyl sites for hydroxylation is 1. The number of β-amino-alcohol motifs (C(OH)–C–C–N with tert-alkyl or cyclic N) is 1. The van der Waals surface area contributed by atoms with Crippen molar-refractivity contribution in [1.29, 1.82) is 0 Å². The van der Waals surface area contributed by atoms with E-state index in [0.717, 1.165) is 4.68 Å². The first-order valence-corrected chi connectivity index (χ1v) is 7.61. The summed E-state index contributed by atoms with van der Waals surface area (Å²) < 4.78 is 27.4. The van der Waals surface area contributed by atoms with E-state index in [0.29, 0.717) is 12.1 Å². The molecule has 112 valence electrons. The van der Waals surface area contributed by atoms with Crippen molar-refractivity contribution in [1.82, 2.24) is 14.1 Å². The fourth-order valence-electron chi connectivity index (χ4n) is 2.39. The molecule has 2 N–H and O–H groups in total. The van der Waals surface area contributed by atoms with Crippen LogP contribution in [0.2, 0.25) is 0 Å². The van der Waals surface area contributed by atoms with Crippen LogP contribution in [-0.2, 0) is 21.4 Å². The number of hydrogen-bond donors (Lipinski definition) is 2. The van der Waals surface area contributed by atoms with E-state index < -0.39 is 22.1 Å². The molecule has 20 heavy (non-hydrogen) atoms. The molecule has 0 aromatic carbocycles. The molecule has 8 nitrogen and oxygen atoms in total. The van der Waals surface area contributed by atoms with E-state index in [-0.39, 0.29) is 30.2 Å². The first-order chi connectivity index (χ1) is 9.23. The zero-order valence-corrected chi connectivity index (χ0v) is 12.1. The second-order valence-electron chi connectivity index (χ2n) is 4.86. The highest BCUT2D eigenvalue weighted by Crippen LogP contribution is 2.26. The highest BCUT2D eigenvalue weighted by Gasteiger charge is 2.35. The Balaban J connectivity index is 2.42. The molecule has 1 aliphatic rings. The predicted molar refractivity (Wildman–Crippen MR) is 68.7 cm³/mol. The predicted octanol–water partition coefficient (Wildman–Crippen LogP) is -0.660. The van der Waals surface area contributed by atoms with Crippen LogP contribution < -0.4 is 0 Å². The number of aromatic nitrogens is 2. The molecule has 2 heterocycles. The summed E-state index contributed by atoms with van der Waals surface area (Å²) in [6.45, 7) is 3.00. The second kappa shape index (κ2) is 5.15. The summed E-state index contributed by atoms with van der Waals surface area (Å²) in [5, 5.41) is 22.2. The third kappa shape index (κ3) is 2.56. The van der Waals surface area contributed by atoms with Crippen molar-refractivity contribution in [2.75, 3.05) is 13.1 Å². The molecule has 9 heteroatoms. The molecule has 1 aromatic heterocycles. The quantitative estimate of drug-likeness (QED) is 0.763. The minimum atomic E-state index is -3.75.